The Bertz CT molecular complexity index is 3840. The van der Waals surface area contributed by atoms with Crippen LogP contribution < -0.4 is 0 Å². The van der Waals surface area contributed by atoms with Crippen molar-refractivity contribution in [2.45, 2.75) is 259 Å². The lowest BCUT2D eigenvalue weighted by Crippen LogP contribution is -2.27. The highest BCUT2D eigenvalue weighted by molar-refractivity contribution is 6.29. The van der Waals surface area contributed by atoms with Gasteiger partial charge in [-0.15, -0.1) is 0 Å². The van der Waals surface area contributed by atoms with Crippen molar-refractivity contribution in [1.82, 2.24) is 0 Å². The number of benzene rings is 9. The van der Waals surface area contributed by atoms with Crippen LogP contribution in [0.5, 0.6) is 0 Å². The molecule has 0 spiro atoms. The van der Waals surface area contributed by atoms with E-state index < -0.39 is 0 Å². The van der Waals surface area contributed by atoms with Crippen LogP contribution in [0.3, 0.4) is 0 Å². The molecule has 0 amide bonds. The number of rotatable bonds is 2. The fourth-order valence-electron chi connectivity index (χ4n) is 17.5. The molecule has 0 aromatic heterocycles. The fraction of sp³-hybridized carbons (Fsp3) is 0.452. The highest BCUT2D eigenvalue weighted by Crippen LogP contribution is 2.61. The topological polar surface area (TPSA) is 0 Å². The van der Waals surface area contributed by atoms with E-state index in [-0.39, 0.29) is 0 Å². The van der Waals surface area contributed by atoms with Gasteiger partial charge in [-0.3, -0.25) is 0 Å². The predicted molar refractivity (Wildman–Crippen MR) is 375 cm³/mol. The van der Waals surface area contributed by atoms with Gasteiger partial charge in [0.05, 0.1) is 0 Å². The number of hydrogen-bond donors (Lipinski definition) is 0. The summed E-state index contributed by atoms with van der Waals surface area (Å²) in [5.74, 6) is 2.35. The molecule has 442 valence electrons. The van der Waals surface area contributed by atoms with E-state index in [9.17, 15) is 0 Å². The summed E-state index contributed by atoms with van der Waals surface area (Å²) in [6.07, 6.45) is 0. The Balaban J connectivity index is 0.000000152. The molecule has 2 aliphatic rings. The first-order valence-corrected chi connectivity index (χ1v) is 32.1. The van der Waals surface area contributed by atoms with Gasteiger partial charge in [-0.1, -0.05) is 27.7 Å². The van der Waals surface area contributed by atoms with Crippen LogP contribution >= 0.6 is 0 Å². The molecule has 0 radical (unpaired) electrons. The minimum absolute atomic E-state index is 0.588. The van der Waals surface area contributed by atoms with E-state index in [4.69, 9.17) is 0 Å². The SMILES string of the molecule is Cc1c(C)c(C)c(-c2c(C)c(C)c(-c3c(C)c(C)c(C)c(C)c3C)c(C)c2C)c(C)c1C.Cc1c(C)c2c(C)c(C)c3c(C)c(C)c(C)c4c(C)c(C)c(c1C)c2c34.Cc1c(C)c2c3c(c1C)C(C)C(C)c1c(C)c(C)c(C)c(c1-3)C(C)C2C. The summed E-state index contributed by atoms with van der Waals surface area (Å²) in [5.41, 5.74) is 59.3. The molecule has 2 aliphatic carbocycles. The number of hydrogen-bond acceptors (Lipinski definition) is 0. The molecule has 0 fully saturated rings. The van der Waals surface area contributed by atoms with Gasteiger partial charge in [-0.25, -0.2) is 0 Å². The molecule has 84 heavy (non-hydrogen) atoms. The van der Waals surface area contributed by atoms with Crippen molar-refractivity contribution in [1.29, 1.82) is 0 Å². The van der Waals surface area contributed by atoms with E-state index in [0.717, 1.165) is 0 Å². The molecule has 0 aliphatic heterocycles. The second-order valence-electron chi connectivity index (χ2n) is 28.1. The highest BCUT2D eigenvalue weighted by atomic mass is 14.5. The second-order valence-corrected chi connectivity index (χ2v) is 28.1. The minimum Gasteiger partial charge on any atom is -0.0578 e. The first kappa shape index (κ1) is 62.5. The maximum atomic E-state index is 2.46. The summed E-state index contributed by atoms with van der Waals surface area (Å²) in [6, 6.07) is 0. The molecule has 0 saturated carbocycles. The van der Waals surface area contributed by atoms with Crippen LogP contribution in [0.15, 0.2) is 0 Å². The van der Waals surface area contributed by atoms with E-state index >= 15 is 0 Å². The predicted octanol–water partition coefficient (Wildman–Crippen LogP) is 24.7. The lowest BCUT2D eigenvalue weighted by atomic mass is 9.59. The molecular formula is C84H106. The molecule has 11 rings (SSSR count). The summed E-state index contributed by atoms with van der Waals surface area (Å²) >= 11 is 0. The van der Waals surface area contributed by atoms with Gasteiger partial charge in [0, 0.05) is 0 Å². The third-order valence-electron chi connectivity index (χ3n) is 25.3. The molecule has 0 N–H and O–H groups in total. The van der Waals surface area contributed by atoms with Crippen LogP contribution in [0.25, 0.3) is 65.7 Å². The Labute approximate surface area is 511 Å². The Morgan fingerprint density at radius 3 is 0.417 bits per heavy atom. The third-order valence-corrected chi connectivity index (χ3v) is 25.3. The van der Waals surface area contributed by atoms with Gasteiger partial charge < -0.3 is 0 Å². The van der Waals surface area contributed by atoms with E-state index in [1.54, 1.807) is 33.4 Å². The van der Waals surface area contributed by atoms with Gasteiger partial charge in [0.25, 0.3) is 0 Å². The van der Waals surface area contributed by atoms with Gasteiger partial charge >= 0.3 is 0 Å². The molecule has 0 nitrogen and oxygen atoms in total. The Kier molecular flexibility index (Phi) is 16.0. The van der Waals surface area contributed by atoms with Crippen molar-refractivity contribution in [2.24, 2.45) is 0 Å². The largest absolute Gasteiger partial charge is 0.0578 e. The molecule has 4 atom stereocenters. The summed E-state index contributed by atoms with van der Waals surface area (Å²) < 4.78 is 0. The zero-order valence-electron chi connectivity index (χ0n) is 59.3. The van der Waals surface area contributed by atoms with E-state index in [0.29, 0.717) is 23.7 Å². The molecule has 4 unspecified atom stereocenters. The second kappa shape index (κ2) is 21.5. The van der Waals surface area contributed by atoms with Crippen molar-refractivity contribution in [3.8, 4) is 33.4 Å². The molecule has 0 heterocycles. The van der Waals surface area contributed by atoms with Crippen LogP contribution in [-0.4, -0.2) is 0 Å². The fourth-order valence-corrected chi connectivity index (χ4v) is 17.5. The van der Waals surface area contributed by atoms with Crippen molar-refractivity contribution < 1.29 is 0 Å². The molecular weight excluding hydrogens is 1010 g/mol. The first-order valence-electron chi connectivity index (χ1n) is 32.1. The monoisotopic (exact) mass is 1110 g/mol. The maximum Gasteiger partial charge on any atom is -0.00153 e. The third kappa shape index (κ3) is 8.38. The van der Waals surface area contributed by atoms with Gasteiger partial charge in [0.2, 0.25) is 0 Å². The van der Waals surface area contributed by atoms with Crippen LogP contribution in [0, 0.1) is 208 Å². The van der Waals surface area contributed by atoms with Crippen molar-refractivity contribution >= 4 is 32.3 Å². The summed E-state index contributed by atoms with van der Waals surface area (Å²) in [7, 11) is 0. The van der Waals surface area contributed by atoms with E-state index in [2.05, 4.69) is 235 Å². The van der Waals surface area contributed by atoms with Crippen LogP contribution in [0.2, 0.25) is 0 Å². The van der Waals surface area contributed by atoms with Crippen molar-refractivity contribution in [3.63, 3.8) is 0 Å². The Morgan fingerprint density at radius 2 is 0.238 bits per heavy atom. The summed E-state index contributed by atoms with van der Waals surface area (Å²) in [4.78, 5) is 0. The van der Waals surface area contributed by atoms with E-state index in [1.807, 2.05) is 0 Å². The lowest BCUT2D eigenvalue weighted by Gasteiger charge is -2.45. The minimum atomic E-state index is 0.588. The molecule has 0 heteroatoms. The van der Waals surface area contributed by atoms with Crippen molar-refractivity contribution in [2.75, 3.05) is 0 Å². The van der Waals surface area contributed by atoms with E-state index in [1.165, 1.54) is 221 Å². The molecule has 9 aromatic rings. The Morgan fingerprint density at radius 1 is 0.119 bits per heavy atom. The maximum absolute atomic E-state index is 2.46. The lowest BCUT2D eigenvalue weighted by molar-refractivity contribution is 0.569. The smallest absolute Gasteiger partial charge is 0.00153 e. The average Bonchev–Trinajstić information content (AvgIpc) is 0.739. The standard InChI is InChI=1S/C32H42.C26H34.C26H30/c1-15-17(3)21(7)29(22(8)18(15)4)31-25(11)27(13)32(28(14)26(31)12)30-23(9)19(5)16(2)20(6)24(30)10;2*1-11-13(3)21-17(7)19(9)23-15(5)12(2)16(6)24-20(10)18(8)22(14(11)4)25(21)26(23)24/h1-14H3;17-20H,1-10H3;1-10H3. The Hall–Kier alpha value is -5.98. The zero-order chi connectivity index (χ0) is 62.9. The zero-order valence-corrected chi connectivity index (χ0v) is 59.3. The molecule has 0 bridgehead atoms. The first-order chi connectivity index (χ1) is 39.0. The summed E-state index contributed by atoms with van der Waals surface area (Å²) in [5, 5.41) is 8.97. The quantitative estimate of drug-likeness (QED) is 0.151. The molecule has 9 aromatic carbocycles. The molecule has 0 saturated heterocycles. The number of aryl methyl sites for hydroxylation is 8. The van der Waals surface area contributed by atoms with Crippen LogP contribution in [-0.2, 0) is 0 Å². The van der Waals surface area contributed by atoms with Crippen LogP contribution in [0.4, 0.5) is 0 Å². The normalized spacial score (nSPS) is 16.2. The highest BCUT2D eigenvalue weighted by Gasteiger charge is 2.42. The van der Waals surface area contributed by atoms with Gasteiger partial charge in [-0.2, -0.15) is 0 Å². The van der Waals surface area contributed by atoms with Gasteiger partial charge in [0.15, 0.2) is 0 Å². The van der Waals surface area contributed by atoms with Crippen molar-refractivity contribution in [3.05, 3.63) is 189 Å². The van der Waals surface area contributed by atoms with Gasteiger partial charge in [0.1, 0.15) is 0 Å². The van der Waals surface area contributed by atoms with Gasteiger partial charge in [-0.05, 0) is 486 Å². The summed E-state index contributed by atoms with van der Waals surface area (Å²) in [6.45, 7) is 79.3. The van der Waals surface area contributed by atoms with Crippen LogP contribution in [0.1, 0.15) is 241 Å². The average molecular weight is 1120 g/mol.